The van der Waals surface area contributed by atoms with Crippen LogP contribution < -0.4 is 11.5 Å². The molecule has 0 aromatic heterocycles. The zero-order valence-corrected chi connectivity index (χ0v) is 9.64. The summed E-state index contributed by atoms with van der Waals surface area (Å²) in [5.74, 6) is -0.523. The van der Waals surface area contributed by atoms with Gasteiger partial charge < -0.3 is 16.2 Å². The van der Waals surface area contributed by atoms with Crippen molar-refractivity contribution >= 4 is 23.4 Å². The largest absolute Gasteiger partial charge is 0.398 e. The van der Waals surface area contributed by atoms with E-state index in [0.717, 1.165) is 6.07 Å². The molecule has 0 aliphatic carbocycles. The van der Waals surface area contributed by atoms with Crippen molar-refractivity contribution in [3.05, 3.63) is 23.5 Å². The van der Waals surface area contributed by atoms with Gasteiger partial charge in [-0.05, 0) is 12.1 Å². The second kappa shape index (κ2) is 5.72. The van der Waals surface area contributed by atoms with Gasteiger partial charge in [-0.1, -0.05) is 0 Å². The molecule has 0 saturated heterocycles. The second-order valence-corrected chi connectivity index (χ2v) is 4.21. The van der Waals surface area contributed by atoms with E-state index in [1.54, 1.807) is 7.11 Å². The molecule has 0 bridgehead atoms. The molecule has 1 aromatic rings. The lowest BCUT2D eigenvalue weighted by Crippen LogP contribution is -2.14. The van der Waals surface area contributed by atoms with Crippen molar-refractivity contribution in [3.8, 4) is 0 Å². The maximum Gasteiger partial charge on any atom is 0.250 e. The predicted octanol–water partition coefficient (Wildman–Crippen LogP) is 1.25. The van der Waals surface area contributed by atoms with E-state index in [1.165, 1.54) is 17.8 Å². The fourth-order valence-electron chi connectivity index (χ4n) is 1.13. The summed E-state index contributed by atoms with van der Waals surface area (Å²) in [4.78, 5) is 11.3. The fraction of sp³-hybridized carbons (Fsp3) is 0.300. The summed E-state index contributed by atoms with van der Waals surface area (Å²) in [5.41, 5.74) is 10.8. The van der Waals surface area contributed by atoms with Gasteiger partial charge in [-0.15, -0.1) is 11.8 Å². The number of thioether (sulfide) groups is 1. The Kier molecular flexibility index (Phi) is 4.57. The molecular weight excluding hydrogens is 231 g/mol. The Morgan fingerprint density at radius 3 is 2.81 bits per heavy atom. The number of ether oxygens (including phenoxy) is 1. The van der Waals surface area contributed by atoms with Gasteiger partial charge >= 0.3 is 0 Å². The third-order valence-corrected chi connectivity index (χ3v) is 2.91. The number of rotatable bonds is 5. The molecule has 0 radical (unpaired) electrons. The van der Waals surface area contributed by atoms with Gasteiger partial charge in [0.2, 0.25) is 0 Å². The first kappa shape index (κ1) is 12.8. The van der Waals surface area contributed by atoms with Crippen LogP contribution in [0, 0.1) is 5.82 Å². The molecule has 0 fully saturated rings. The maximum atomic E-state index is 13.4. The van der Waals surface area contributed by atoms with Gasteiger partial charge in [0.15, 0.2) is 0 Å². The molecule has 1 rings (SSSR count). The quantitative estimate of drug-likeness (QED) is 0.464. The van der Waals surface area contributed by atoms with Gasteiger partial charge in [-0.25, -0.2) is 4.39 Å². The number of anilines is 1. The average Bonchev–Trinajstić information content (AvgIpc) is 2.21. The molecule has 0 unspecified atom stereocenters. The molecule has 4 N–H and O–H groups in total. The minimum absolute atomic E-state index is 0.0566. The van der Waals surface area contributed by atoms with E-state index in [0.29, 0.717) is 17.3 Å². The van der Waals surface area contributed by atoms with E-state index in [-0.39, 0.29) is 11.3 Å². The van der Waals surface area contributed by atoms with Gasteiger partial charge in [0.05, 0.1) is 12.2 Å². The van der Waals surface area contributed by atoms with Crippen molar-refractivity contribution in [2.24, 2.45) is 5.73 Å². The SMILES string of the molecule is COCCSc1cc(C(N)=O)c(N)cc1F. The van der Waals surface area contributed by atoms with Crippen LogP contribution in [0.1, 0.15) is 10.4 Å². The summed E-state index contributed by atoms with van der Waals surface area (Å²) >= 11 is 1.25. The Labute approximate surface area is 97.1 Å². The maximum absolute atomic E-state index is 13.4. The highest BCUT2D eigenvalue weighted by Crippen LogP contribution is 2.26. The summed E-state index contributed by atoms with van der Waals surface area (Å²) in [5, 5.41) is 0. The molecule has 0 aliphatic rings. The van der Waals surface area contributed by atoms with E-state index >= 15 is 0 Å². The number of carbonyl (C=O) groups excluding carboxylic acids is 1. The minimum Gasteiger partial charge on any atom is -0.398 e. The van der Waals surface area contributed by atoms with E-state index in [1.807, 2.05) is 0 Å². The van der Waals surface area contributed by atoms with Crippen LogP contribution in [0.4, 0.5) is 10.1 Å². The first-order chi connectivity index (χ1) is 7.56. The van der Waals surface area contributed by atoms with Crippen LogP contribution in [0.5, 0.6) is 0 Å². The van der Waals surface area contributed by atoms with Crippen LogP contribution in [-0.2, 0) is 4.74 Å². The summed E-state index contributed by atoms with van der Waals surface area (Å²) in [6, 6.07) is 2.47. The van der Waals surface area contributed by atoms with E-state index in [4.69, 9.17) is 16.2 Å². The number of nitrogens with two attached hydrogens (primary N) is 2. The van der Waals surface area contributed by atoms with Gasteiger partial charge in [0, 0.05) is 23.4 Å². The lowest BCUT2D eigenvalue weighted by Gasteiger charge is -2.07. The number of hydrogen-bond acceptors (Lipinski definition) is 4. The Balaban J connectivity index is 2.91. The number of carbonyl (C=O) groups is 1. The van der Waals surface area contributed by atoms with Crippen molar-refractivity contribution in [1.82, 2.24) is 0 Å². The normalized spacial score (nSPS) is 10.4. The summed E-state index contributed by atoms with van der Waals surface area (Å²) in [6.45, 7) is 0.500. The monoisotopic (exact) mass is 244 g/mol. The highest BCUT2D eigenvalue weighted by Gasteiger charge is 2.11. The van der Waals surface area contributed by atoms with Gasteiger partial charge in [-0.2, -0.15) is 0 Å². The topological polar surface area (TPSA) is 78.3 Å². The van der Waals surface area contributed by atoms with E-state index in [9.17, 15) is 9.18 Å². The van der Waals surface area contributed by atoms with Crippen molar-refractivity contribution in [2.45, 2.75) is 4.90 Å². The summed E-state index contributed by atoms with van der Waals surface area (Å²) in [6.07, 6.45) is 0. The highest BCUT2D eigenvalue weighted by molar-refractivity contribution is 7.99. The third kappa shape index (κ3) is 3.11. The number of nitrogen functional groups attached to an aromatic ring is 1. The van der Waals surface area contributed by atoms with Crippen LogP contribution in [0.15, 0.2) is 17.0 Å². The third-order valence-electron chi connectivity index (χ3n) is 1.91. The smallest absolute Gasteiger partial charge is 0.250 e. The van der Waals surface area contributed by atoms with Gasteiger partial charge in [-0.3, -0.25) is 4.79 Å². The first-order valence-electron chi connectivity index (χ1n) is 4.56. The second-order valence-electron chi connectivity index (χ2n) is 3.08. The Morgan fingerprint density at radius 2 is 2.25 bits per heavy atom. The van der Waals surface area contributed by atoms with Crippen molar-refractivity contribution in [1.29, 1.82) is 0 Å². The van der Waals surface area contributed by atoms with Crippen molar-refractivity contribution in [3.63, 3.8) is 0 Å². The lowest BCUT2D eigenvalue weighted by atomic mass is 10.1. The summed E-state index contributed by atoms with van der Waals surface area (Å²) < 4.78 is 18.3. The molecule has 1 amide bonds. The first-order valence-corrected chi connectivity index (χ1v) is 5.55. The highest BCUT2D eigenvalue weighted by atomic mass is 32.2. The standard InChI is InChI=1S/C10H13FN2O2S/c1-15-2-3-16-9-4-6(10(13)14)8(12)5-7(9)11/h4-5H,2-3,12H2,1H3,(H2,13,14). The molecule has 88 valence electrons. The van der Waals surface area contributed by atoms with Crippen LogP contribution in [0.3, 0.4) is 0 Å². The number of benzene rings is 1. The van der Waals surface area contributed by atoms with Crippen molar-refractivity contribution in [2.75, 3.05) is 25.2 Å². The molecule has 0 spiro atoms. The molecule has 6 heteroatoms. The molecule has 0 aliphatic heterocycles. The Hall–Kier alpha value is -1.27. The van der Waals surface area contributed by atoms with E-state index in [2.05, 4.69) is 0 Å². The zero-order chi connectivity index (χ0) is 12.1. The molecule has 0 heterocycles. The fourth-order valence-corrected chi connectivity index (χ4v) is 2.00. The Bertz CT molecular complexity index is 399. The molecule has 1 aromatic carbocycles. The molecule has 16 heavy (non-hydrogen) atoms. The van der Waals surface area contributed by atoms with Crippen LogP contribution in [-0.4, -0.2) is 25.4 Å². The average molecular weight is 244 g/mol. The number of halogens is 1. The van der Waals surface area contributed by atoms with E-state index < -0.39 is 11.7 Å². The molecular formula is C10H13FN2O2S. The van der Waals surface area contributed by atoms with Crippen LogP contribution >= 0.6 is 11.8 Å². The Morgan fingerprint density at radius 1 is 1.56 bits per heavy atom. The predicted molar refractivity (Wildman–Crippen MR) is 61.9 cm³/mol. The zero-order valence-electron chi connectivity index (χ0n) is 8.83. The number of amides is 1. The number of primary amides is 1. The minimum atomic E-state index is -0.661. The summed E-state index contributed by atoms with van der Waals surface area (Å²) in [7, 11) is 1.56. The number of hydrogen-bond donors (Lipinski definition) is 2. The molecule has 0 saturated carbocycles. The van der Waals surface area contributed by atoms with Crippen molar-refractivity contribution < 1.29 is 13.9 Å². The van der Waals surface area contributed by atoms with Gasteiger partial charge in [0.25, 0.3) is 5.91 Å². The van der Waals surface area contributed by atoms with Gasteiger partial charge in [0.1, 0.15) is 5.82 Å². The molecule has 4 nitrogen and oxygen atoms in total. The number of methoxy groups -OCH3 is 1. The van der Waals surface area contributed by atoms with Crippen LogP contribution in [0.25, 0.3) is 0 Å². The molecule has 0 atom stereocenters. The van der Waals surface area contributed by atoms with Crippen LogP contribution in [0.2, 0.25) is 0 Å². The lowest BCUT2D eigenvalue weighted by molar-refractivity contribution is 0.100.